The molecule has 3 heterocycles. The molecular weight excluding hydrogens is 294 g/mol. The fraction of sp³-hybridized carbons (Fsp3) is 0.176. The molecule has 1 N–H and O–H groups in total. The monoisotopic (exact) mass is 309 g/mol. The molecule has 0 radical (unpaired) electrons. The second-order valence-electron chi connectivity index (χ2n) is 5.35. The highest BCUT2D eigenvalue weighted by Crippen LogP contribution is 2.29. The normalized spacial score (nSPS) is 13.2. The van der Waals surface area contributed by atoms with Gasteiger partial charge in [-0.05, 0) is 42.3 Å². The number of ether oxygens (including phenoxy) is 1. The van der Waals surface area contributed by atoms with Crippen LogP contribution in [0.1, 0.15) is 16.1 Å². The first-order valence-electron chi connectivity index (χ1n) is 7.34. The van der Waals surface area contributed by atoms with Crippen molar-refractivity contribution in [2.24, 2.45) is 0 Å². The lowest BCUT2D eigenvalue weighted by Crippen LogP contribution is -2.41. The minimum atomic E-state index is -0.282. The molecule has 0 atom stereocenters. The van der Waals surface area contributed by atoms with E-state index in [0.717, 1.165) is 34.5 Å². The lowest BCUT2D eigenvalue weighted by molar-refractivity contribution is 0.0922. The molecule has 6 heteroatoms. The Balaban J connectivity index is 1.67. The summed E-state index contributed by atoms with van der Waals surface area (Å²) >= 11 is 0. The Morgan fingerprint density at radius 2 is 2.26 bits per heavy atom. The highest BCUT2D eigenvalue weighted by atomic mass is 16.5. The Morgan fingerprint density at radius 1 is 1.35 bits per heavy atom. The number of nitrogens with one attached hydrogen (secondary N) is 1. The summed E-state index contributed by atoms with van der Waals surface area (Å²) in [6.45, 7) is 0.683. The Hall–Kier alpha value is -3.02. The summed E-state index contributed by atoms with van der Waals surface area (Å²) in [5.41, 5.74) is 4.79. The zero-order chi connectivity index (χ0) is 15.8. The molecule has 3 aromatic rings. The maximum atomic E-state index is 12.1. The summed E-state index contributed by atoms with van der Waals surface area (Å²) in [6, 6.07) is 11.2. The molecule has 6 nitrogen and oxygen atoms in total. The number of pyridine rings is 1. The first-order valence-corrected chi connectivity index (χ1v) is 7.34. The van der Waals surface area contributed by atoms with Crippen molar-refractivity contribution in [1.82, 2.24) is 10.4 Å². The minimum Gasteiger partial charge on any atom is -0.497 e. The van der Waals surface area contributed by atoms with Gasteiger partial charge in [0.05, 0.1) is 18.9 Å². The van der Waals surface area contributed by atoms with Crippen LogP contribution in [0, 0.1) is 0 Å². The first kappa shape index (κ1) is 13.6. The summed E-state index contributed by atoms with van der Waals surface area (Å²) in [6.07, 6.45) is 2.31. The third-order valence-electron chi connectivity index (χ3n) is 3.92. The van der Waals surface area contributed by atoms with Gasteiger partial charge in [-0.15, -0.1) is 0 Å². The fourth-order valence-electron chi connectivity index (χ4n) is 2.76. The number of aromatic nitrogens is 1. The average molecular weight is 309 g/mol. The number of hydrogen-bond donors (Lipinski definition) is 1. The largest absolute Gasteiger partial charge is 0.497 e. The van der Waals surface area contributed by atoms with E-state index in [-0.39, 0.29) is 11.7 Å². The maximum Gasteiger partial charge on any atom is 0.305 e. The van der Waals surface area contributed by atoms with Crippen LogP contribution in [0.4, 0.5) is 5.82 Å². The van der Waals surface area contributed by atoms with Gasteiger partial charge in [0.15, 0.2) is 11.6 Å². The van der Waals surface area contributed by atoms with Crippen molar-refractivity contribution in [2.45, 2.75) is 6.42 Å². The molecule has 1 aliphatic rings. The molecule has 0 fully saturated rings. The first-order chi connectivity index (χ1) is 11.2. The Labute approximate surface area is 132 Å². The Bertz CT molecular complexity index is 874. The molecule has 4 rings (SSSR count). The number of furan rings is 1. The van der Waals surface area contributed by atoms with Crippen LogP contribution in [0.25, 0.3) is 10.9 Å². The van der Waals surface area contributed by atoms with Gasteiger partial charge in [-0.3, -0.25) is 15.2 Å². The second kappa shape index (κ2) is 5.31. The van der Waals surface area contributed by atoms with E-state index in [4.69, 9.17) is 9.15 Å². The summed E-state index contributed by atoms with van der Waals surface area (Å²) in [4.78, 5) is 16.8. The van der Waals surface area contributed by atoms with Crippen molar-refractivity contribution in [3.05, 3.63) is 54.0 Å². The molecule has 1 amide bonds. The van der Waals surface area contributed by atoms with Crippen molar-refractivity contribution in [3.8, 4) is 5.75 Å². The van der Waals surface area contributed by atoms with Crippen LogP contribution >= 0.6 is 0 Å². The van der Waals surface area contributed by atoms with Crippen molar-refractivity contribution < 1.29 is 13.9 Å². The van der Waals surface area contributed by atoms with Gasteiger partial charge in [0.2, 0.25) is 0 Å². The topological polar surface area (TPSA) is 67.6 Å². The third-order valence-corrected chi connectivity index (χ3v) is 3.92. The zero-order valence-corrected chi connectivity index (χ0v) is 12.6. The molecule has 2 aromatic heterocycles. The van der Waals surface area contributed by atoms with Crippen LogP contribution in [0.3, 0.4) is 0 Å². The predicted molar refractivity (Wildman–Crippen MR) is 85.5 cm³/mol. The molecule has 0 aliphatic carbocycles. The number of carbonyl (C=O) groups excluding carboxylic acids is 1. The van der Waals surface area contributed by atoms with Crippen molar-refractivity contribution in [1.29, 1.82) is 0 Å². The molecule has 0 saturated heterocycles. The van der Waals surface area contributed by atoms with Crippen LogP contribution in [0.15, 0.2) is 47.1 Å². The van der Waals surface area contributed by atoms with Gasteiger partial charge in [0.25, 0.3) is 0 Å². The number of amides is 1. The van der Waals surface area contributed by atoms with E-state index < -0.39 is 0 Å². The third kappa shape index (κ3) is 2.38. The number of benzene rings is 1. The van der Waals surface area contributed by atoms with Crippen LogP contribution in [0.5, 0.6) is 5.75 Å². The van der Waals surface area contributed by atoms with Gasteiger partial charge < -0.3 is 9.15 Å². The minimum absolute atomic E-state index is 0.279. The van der Waals surface area contributed by atoms with Crippen molar-refractivity contribution >= 4 is 22.6 Å². The molecule has 1 aliphatic heterocycles. The second-order valence-corrected chi connectivity index (χ2v) is 5.35. The number of nitrogens with zero attached hydrogens (tertiary/aromatic N) is 2. The van der Waals surface area contributed by atoms with E-state index >= 15 is 0 Å². The number of anilines is 1. The maximum absolute atomic E-state index is 12.1. The smallest absolute Gasteiger partial charge is 0.305 e. The predicted octanol–water partition coefficient (Wildman–Crippen LogP) is 2.54. The fourth-order valence-corrected chi connectivity index (χ4v) is 2.76. The summed E-state index contributed by atoms with van der Waals surface area (Å²) in [5, 5.41) is 2.82. The summed E-state index contributed by atoms with van der Waals surface area (Å²) in [7, 11) is 1.63. The van der Waals surface area contributed by atoms with Crippen molar-refractivity contribution in [3.63, 3.8) is 0 Å². The van der Waals surface area contributed by atoms with Gasteiger partial charge >= 0.3 is 5.91 Å². The number of rotatable bonds is 3. The van der Waals surface area contributed by atoms with Crippen LogP contribution < -0.4 is 15.2 Å². The Kier molecular flexibility index (Phi) is 3.15. The van der Waals surface area contributed by atoms with Gasteiger partial charge in [-0.25, -0.2) is 4.98 Å². The van der Waals surface area contributed by atoms with E-state index in [9.17, 15) is 4.79 Å². The number of fused-ring (bicyclic) bond motifs is 2. The zero-order valence-electron chi connectivity index (χ0n) is 12.6. The highest BCUT2D eigenvalue weighted by molar-refractivity contribution is 5.93. The summed E-state index contributed by atoms with van der Waals surface area (Å²) < 4.78 is 10.4. The average Bonchev–Trinajstić information content (AvgIpc) is 3.23. The molecule has 0 spiro atoms. The van der Waals surface area contributed by atoms with E-state index in [1.165, 1.54) is 6.26 Å². The van der Waals surface area contributed by atoms with E-state index in [1.807, 2.05) is 18.2 Å². The molecule has 0 saturated carbocycles. The van der Waals surface area contributed by atoms with E-state index in [1.54, 1.807) is 24.3 Å². The number of hydrazine groups is 1. The molecule has 0 bridgehead atoms. The number of carbonyl (C=O) groups is 1. The van der Waals surface area contributed by atoms with Gasteiger partial charge in [0, 0.05) is 18.0 Å². The van der Waals surface area contributed by atoms with Gasteiger partial charge in [-0.1, -0.05) is 0 Å². The van der Waals surface area contributed by atoms with Crippen molar-refractivity contribution in [2.75, 3.05) is 18.7 Å². The standard InChI is InChI=1S/C17H15N3O3/c1-22-13-5-4-11-9-12-6-7-20(16(12)18-14(11)10-13)19-17(21)15-3-2-8-23-15/h2-5,8-10H,6-7H2,1H3,(H,19,21). The number of methoxy groups -OCH3 is 1. The van der Waals surface area contributed by atoms with Gasteiger partial charge in [0.1, 0.15) is 5.75 Å². The van der Waals surface area contributed by atoms with Crippen LogP contribution in [-0.4, -0.2) is 24.5 Å². The van der Waals surface area contributed by atoms with E-state index in [0.29, 0.717) is 6.54 Å². The van der Waals surface area contributed by atoms with Crippen LogP contribution in [-0.2, 0) is 6.42 Å². The SMILES string of the molecule is COc1ccc2cc3c(nc2c1)N(NC(=O)c1ccco1)CC3. The van der Waals surface area contributed by atoms with Gasteiger partial charge in [-0.2, -0.15) is 0 Å². The molecule has 0 unspecified atom stereocenters. The van der Waals surface area contributed by atoms with E-state index in [2.05, 4.69) is 16.5 Å². The quantitative estimate of drug-likeness (QED) is 0.805. The lowest BCUT2D eigenvalue weighted by atomic mass is 10.1. The molecule has 1 aromatic carbocycles. The molecular formula is C17H15N3O3. The Morgan fingerprint density at radius 3 is 3.04 bits per heavy atom. The lowest BCUT2D eigenvalue weighted by Gasteiger charge is -2.18. The van der Waals surface area contributed by atoms with Crippen LogP contribution in [0.2, 0.25) is 0 Å². The summed E-state index contributed by atoms with van der Waals surface area (Å²) in [5.74, 6) is 1.52. The highest BCUT2D eigenvalue weighted by Gasteiger charge is 2.24. The molecule has 116 valence electrons. The number of hydrogen-bond acceptors (Lipinski definition) is 5. The molecule has 23 heavy (non-hydrogen) atoms.